The molecule has 5 nitrogen and oxygen atoms in total. The molecule has 1 N–H and O–H groups in total. The van der Waals surface area contributed by atoms with Crippen LogP contribution >= 0.6 is 0 Å². The third-order valence-corrected chi connectivity index (χ3v) is 2.87. The molecule has 6 heteroatoms. The Bertz CT molecular complexity index is 187. The molecule has 2 atom stereocenters. The van der Waals surface area contributed by atoms with Crippen LogP contribution < -0.4 is 30.4 Å². The Balaban J connectivity index is 0. The molecule has 0 bridgehead atoms. The molecule has 18 heavy (non-hydrogen) atoms. The van der Waals surface area contributed by atoms with Gasteiger partial charge in [0, 0.05) is 9.86 Å². The molecule has 0 aromatic carbocycles. The van der Waals surface area contributed by atoms with Crippen molar-refractivity contribution in [3.8, 4) is 0 Å². The van der Waals surface area contributed by atoms with Crippen molar-refractivity contribution in [3.63, 3.8) is 0 Å². The van der Waals surface area contributed by atoms with Gasteiger partial charge in [-0.1, -0.05) is 46.5 Å². The van der Waals surface area contributed by atoms with E-state index in [0.29, 0.717) is 0 Å². The van der Waals surface area contributed by atoms with Crippen LogP contribution in [0.25, 0.3) is 0 Å². The highest BCUT2D eigenvalue weighted by Gasteiger charge is 2.11. The molecule has 0 radical (unpaired) electrons. The minimum absolute atomic E-state index is 0.731. The van der Waals surface area contributed by atoms with Gasteiger partial charge >= 0.3 is 20.1 Å². The van der Waals surface area contributed by atoms with E-state index in [-0.39, 0.29) is 0 Å². The minimum Gasteiger partial charge on any atom is -0.303 e. The standard InChI is InChI=1S/C12H24O.HIO4/c1-4-11(2)7-5-8-12(3)9-6-10-13;2-1(3,4)5/h10-12H,4-9H2,1-3H3;2H/t11-,12+;/m0./s1. The second-order valence-electron chi connectivity index (χ2n) is 4.69. The van der Waals surface area contributed by atoms with Crippen molar-refractivity contribution in [2.75, 3.05) is 0 Å². The fraction of sp³-hybridized carbons (Fsp3) is 0.917. The van der Waals surface area contributed by atoms with Gasteiger partial charge in [0.2, 0.25) is 0 Å². The SMILES string of the molecule is CC[C@H](C)CCC[C@@H](C)CCC=O.[O-][I+3]([O-])([O-])O. The van der Waals surface area contributed by atoms with E-state index in [1.165, 1.54) is 25.7 Å². The molecule has 0 saturated carbocycles. The van der Waals surface area contributed by atoms with Crippen molar-refractivity contribution in [2.24, 2.45) is 11.8 Å². The lowest BCUT2D eigenvalue weighted by molar-refractivity contribution is -1.92. The van der Waals surface area contributed by atoms with Crippen LogP contribution in [-0.4, -0.2) is 9.72 Å². The Hall–Kier alpha value is 0.240. The molecule has 0 amide bonds. The first-order valence-electron chi connectivity index (χ1n) is 6.27. The van der Waals surface area contributed by atoms with E-state index < -0.39 is 20.1 Å². The van der Waals surface area contributed by atoms with Gasteiger partial charge in [-0.2, -0.15) is 0 Å². The summed E-state index contributed by atoms with van der Waals surface area (Å²) in [6.45, 7) is 6.82. The predicted octanol–water partition coefficient (Wildman–Crippen LogP) is -3.30. The molecule has 0 spiro atoms. The number of rotatable bonds is 8. The molecule has 0 aliphatic carbocycles. The maximum absolute atomic E-state index is 10.1. The number of hydrogen-bond donors (Lipinski definition) is 1. The van der Waals surface area contributed by atoms with Gasteiger partial charge in [-0.3, -0.25) is 10.3 Å². The Morgan fingerprint density at radius 2 is 1.56 bits per heavy atom. The van der Waals surface area contributed by atoms with Crippen molar-refractivity contribution >= 4 is 6.29 Å². The molecule has 0 unspecified atom stereocenters. The first-order valence-corrected chi connectivity index (χ1v) is 9.88. The lowest BCUT2D eigenvalue weighted by Crippen LogP contribution is -4.23. The van der Waals surface area contributed by atoms with Gasteiger partial charge in [0.1, 0.15) is 6.29 Å². The van der Waals surface area contributed by atoms with Crippen LogP contribution in [0, 0.1) is 11.8 Å². The average molecular weight is 376 g/mol. The molecular formula is C12H25IO5. The Morgan fingerprint density at radius 1 is 1.11 bits per heavy atom. The van der Waals surface area contributed by atoms with E-state index >= 15 is 0 Å². The van der Waals surface area contributed by atoms with Gasteiger partial charge < -0.3 is 4.79 Å². The van der Waals surface area contributed by atoms with Crippen molar-refractivity contribution in [3.05, 3.63) is 0 Å². The van der Waals surface area contributed by atoms with Crippen LogP contribution in [0.3, 0.4) is 0 Å². The topological polar surface area (TPSA) is 106 Å². The summed E-state index contributed by atoms with van der Waals surface area (Å²) in [5.41, 5.74) is 0. The van der Waals surface area contributed by atoms with Crippen LogP contribution in [0.4, 0.5) is 0 Å². The highest BCUT2D eigenvalue weighted by molar-refractivity contribution is 5.49. The molecule has 0 aliphatic heterocycles. The molecule has 0 saturated heterocycles. The summed E-state index contributed by atoms with van der Waals surface area (Å²) in [6.07, 6.45) is 8.11. The number of carbonyl (C=O) groups is 1. The fourth-order valence-electron chi connectivity index (χ4n) is 1.52. The largest absolute Gasteiger partial charge is 0.368 e. The third kappa shape index (κ3) is 25.2. The van der Waals surface area contributed by atoms with Gasteiger partial charge in [-0.25, -0.2) is 0 Å². The first-order chi connectivity index (χ1) is 8.20. The third-order valence-electron chi connectivity index (χ3n) is 2.87. The first kappa shape index (κ1) is 20.6. The quantitative estimate of drug-likeness (QED) is 0.353. The maximum atomic E-state index is 10.1. The van der Waals surface area contributed by atoms with Crippen LogP contribution in [0.5, 0.6) is 0 Å². The summed E-state index contributed by atoms with van der Waals surface area (Å²) >= 11 is -5.69. The zero-order valence-corrected chi connectivity index (χ0v) is 13.6. The number of halogens is 1. The van der Waals surface area contributed by atoms with Crippen LogP contribution in [0.2, 0.25) is 0 Å². The summed E-state index contributed by atoms with van der Waals surface area (Å²) in [7, 11) is 0. The van der Waals surface area contributed by atoms with E-state index in [1.807, 2.05) is 0 Å². The number of aldehydes is 1. The zero-order valence-electron chi connectivity index (χ0n) is 11.4. The molecule has 0 aromatic heterocycles. The average Bonchev–Trinajstić information content (AvgIpc) is 2.23. The van der Waals surface area contributed by atoms with Gasteiger partial charge in [-0.05, 0) is 18.3 Å². The Labute approximate surface area is 116 Å². The van der Waals surface area contributed by atoms with E-state index in [4.69, 9.17) is 13.7 Å². The Morgan fingerprint density at radius 3 is 1.94 bits per heavy atom. The number of carbonyl (C=O) groups excluding carboxylic acids is 1. The monoisotopic (exact) mass is 376 g/mol. The van der Waals surface area contributed by atoms with Gasteiger partial charge in [-0.15, -0.1) is 0 Å². The predicted molar refractivity (Wildman–Crippen MR) is 60.0 cm³/mol. The highest BCUT2D eigenvalue weighted by atomic mass is 127. The normalized spacial score (nSPS) is 14.4. The van der Waals surface area contributed by atoms with Gasteiger partial charge in [0.05, 0.1) is 0 Å². The minimum atomic E-state index is -5.69. The molecular weight excluding hydrogens is 351 g/mol. The van der Waals surface area contributed by atoms with Crippen LogP contribution in [-0.2, 0) is 4.79 Å². The van der Waals surface area contributed by atoms with Crippen LogP contribution in [0.1, 0.15) is 59.3 Å². The summed E-state index contributed by atoms with van der Waals surface area (Å²) in [5.74, 6) is 1.60. The molecule has 110 valence electrons. The maximum Gasteiger partial charge on any atom is 0.368 e. The molecule has 0 fully saturated rings. The van der Waals surface area contributed by atoms with Crippen molar-refractivity contribution in [2.45, 2.75) is 59.3 Å². The molecule has 0 aliphatic rings. The molecule has 0 rings (SSSR count). The molecule has 0 aromatic rings. The van der Waals surface area contributed by atoms with Crippen molar-refractivity contribution in [1.82, 2.24) is 0 Å². The number of hydrogen-bond acceptors (Lipinski definition) is 5. The molecule has 0 heterocycles. The van der Waals surface area contributed by atoms with Crippen LogP contribution in [0.15, 0.2) is 0 Å². The second kappa shape index (κ2) is 12.3. The second-order valence-corrected chi connectivity index (χ2v) is 6.95. The van der Waals surface area contributed by atoms with E-state index in [9.17, 15) is 4.79 Å². The summed E-state index contributed by atoms with van der Waals surface area (Å²) in [5, 5.41) is 0. The fourth-order valence-corrected chi connectivity index (χ4v) is 1.52. The lowest BCUT2D eigenvalue weighted by atomic mass is 9.95. The van der Waals surface area contributed by atoms with Gasteiger partial charge in [0.15, 0.2) is 0 Å². The summed E-state index contributed by atoms with van der Waals surface area (Å²) in [4.78, 5) is 10.1. The zero-order chi connectivity index (χ0) is 14.6. The highest BCUT2D eigenvalue weighted by Crippen LogP contribution is 2.17. The summed E-state index contributed by atoms with van der Waals surface area (Å²) in [6, 6.07) is 0. The van der Waals surface area contributed by atoms with Gasteiger partial charge in [0.25, 0.3) is 0 Å². The van der Waals surface area contributed by atoms with E-state index in [0.717, 1.165) is 31.0 Å². The van der Waals surface area contributed by atoms with Crippen molar-refractivity contribution < 1.29 is 38.6 Å². The smallest absolute Gasteiger partial charge is 0.303 e. The summed E-state index contributed by atoms with van der Waals surface area (Å²) < 4.78 is 33.2. The lowest BCUT2D eigenvalue weighted by Gasteiger charge is -2.11. The van der Waals surface area contributed by atoms with Crippen molar-refractivity contribution in [1.29, 1.82) is 0 Å². The Kier molecular flexibility index (Phi) is 14.0. The van der Waals surface area contributed by atoms with E-state index in [2.05, 4.69) is 20.8 Å². The van der Waals surface area contributed by atoms with E-state index in [1.54, 1.807) is 0 Å².